The third-order valence-corrected chi connectivity index (χ3v) is 5.00. The van der Waals surface area contributed by atoms with E-state index in [1.54, 1.807) is 39.0 Å². The summed E-state index contributed by atoms with van der Waals surface area (Å²) < 4.78 is 10.2. The van der Waals surface area contributed by atoms with Crippen LogP contribution in [-0.4, -0.2) is 41.9 Å². The van der Waals surface area contributed by atoms with Gasteiger partial charge in [-0.1, -0.05) is 23.7 Å². The number of halogens is 1. The van der Waals surface area contributed by atoms with Gasteiger partial charge in [0.25, 0.3) is 0 Å². The molecule has 1 heterocycles. The van der Waals surface area contributed by atoms with Gasteiger partial charge >= 0.3 is 17.9 Å². The van der Waals surface area contributed by atoms with Crippen LogP contribution in [0.25, 0.3) is 0 Å². The fourth-order valence-corrected chi connectivity index (χ4v) is 3.53. The van der Waals surface area contributed by atoms with E-state index >= 15 is 0 Å². The van der Waals surface area contributed by atoms with Gasteiger partial charge in [0, 0.05) is 5.02 Å². The molecular weight excluding hydrogens is 398 g/mol. The van der Waals surface area contributed by atoms with Crippen molar-refractivity contribution in [3.05, 3.63) is 46.1 Å². The molecule has 1 aliphatic heterocycles. The number of carboxylic acid groups (broad SMARTS) is 1. The maximum Gasteiger partial charge on any atom is 0.354 e. The smallest absolute Gasteiger partial charge is 0.354 e. The monoisotopic (exact) mass is 421 g/mol. The van der Waals surface area contributed by atoms with Gasteiger partial charge in [-0.15, -0.1) is 0 Å². The first-order valence-corrected chi connectivity index (χ1v) is 9.74. The minimum Gasteiger partial charge on any atom is -0.477 e. The van der Waals surface area contributed by atoms with Gasteiger partial charge in [0.1, 0.15) is 11.1 Å². The number of rotatable bonds is 9. The van der Waals surface area contributed by atoms with Crippen LogP contribution in [0.4, 0.5) is 0 Å². The lowest BCUT2D eigenvalue weighted by molar-refractivity contribution is -0.148. The second-order valence-electron chi connectivity index (χ2n) is 6.65. The third kappa shape index (κ3) is 5.03. The molecule has 0 saturated heterocycles. The minimum atomic E-state index is -1.45. The van der Waals surface area contributed by atoms with Gasteiger partial charge in [0.2, 0.25) is 0 Å². The van der Waals surface area contributed by atoms with E-state index in [4.69, 9.17) is 21.1 Å². The Morgan fingerprint density at radius 1 is 1.14 bits per heavy atom. The molecule has 1 atom stereocenters. The molecule has 0 radical (unpaired) electrons. The molecule has 29 heavy (non-hydrogen) atoms. The maximum absolute atomic E-state index is 12.9. The van der Waals surface area contributed by atoms with Gasteiger partial charge in [0.05, 0.1) is 25.3 Å². The normalized spacial score (nSPS) is 18.4. The van der Waals surface area contributed by atoms with E-state index in [0.29, 0.717) is 17.0 Å². The molecule has 0 bridgehead atoms. The number of carboxylic acids is 1. The van der Waals surface area contributed by atoms with Crippen molar-refractivity contribution in [1.82, 2.24) is 0 Å². The molecule has 7 nitrogen and oxygen atoms in total. The molecule has 0 amide bonds. The highest BCUT2D eigenvalue weighted by Gasteiger charge is 2.50. The molecule has 0 aliphatic carbocycles. The Morgan fingerprint density at radius 3 is 2.41 bits per heavy atom. The van der Waals surface area contributed by atoms with Crippen LogP contribution in [0.1, 0.15) is 39.2 Å². The predicted molar refractivity (Wildman–Crippen MR) is 108 cm³/mol. The number of benzene rings is 1. The molecule has 1 aromatic rings. The summed E-state index contributed by atoms with van der Waals surface area (Å²) in [4.78, 5) is 40.9. The van der Waals surface area contributed by atoms with Crippen molar-refractivity contribution in [2.24, 2.45) is 10.4 Å². The number of hydrogen-bond donors (Lipinski definition) is 1. The van der Waals surface area contributed by atoms with Crippen molar-refractivity contribution in [1.29, 1.82) is 0 Å². The lowest BCUT2D eigenvalue weighted by Crippen LogP contribution is -2.39. The number of aliphatic imine (C=N–C) groups is 1. The molecule has 1 aliphatic rings. The van der Waals surface area contributed by atoms with Crippen LogP contribution in [0, 0.1) is 5.41 Å². The van der Waals surface area contributed by atoms with E-state index in [1.165, 1.54) is 0 Å². The highest BCUT2D eigenvalue weighted by atomic mass is 35.5. The van der Waals surface area contributed by atoms with Gasteiger partial charge in [-0.25, -0.2) is 9.79 Å². The molecule has 1 aromatic carbocycles. The first kappa shape index (κ1) is 22.6. The molecule has 1 N–H and O–H groups in total. The van der Waals surface area contributed by atoms with E-state index in [1.807, 2.05) is 6.07 Å². The molecule has 1 unspecified atom stereocenters. The van der Waals surface area contributed by atoms with Crippen LogP contribution in [0.3, 0.4) is 0 Å². The zero-order valence-electron chi connectivity index (χ0n) is 16.7. The summed E-state index contributed by atoms with van der Waals surface area (Å²) in [7, 11) is 0. The van der Waals surface area contributed by atoms with E-state index in [9.17, 15) is 19.5 Å². The van der Waals surface area contributed by atoms with Crippen molar-refractivity contribution in [2.45, 2.75) is 40.0 Å². The summed E-state index contributed by atoms with van der Waals surface area (Å²) in [6.07, 6.45) is 0.400. The number of hydrogen-bond acceptors (Lipinski definition) is 6. The molecule has 0 saturated carbocycles. The Kier molecular flexibility index (Phi) is 7.56. The maximum atomic E-state index is 12.9. The Balaban J connectivity index is 2.42. The summed E-state index contributed by atoms with van der Waals surface area (Å²) in [5, 5.41) is 10.2. The number of esters is 2. The molecule has 0 fully saturated rings. The highest BCUT2D eigenvalue weighted by Crippen LogP contribution is 2.42. The Bertz CT molecular complexity index is 876. The lowest BCUT2D eigenvalue weighted by Gasteiger charge is -2.27. The quantitative estimate of drug-likeness (QED) is 0.611. The Morgan fingerprint density at radius 2 is 1.83 bits per heavy atom. The fourth-order valence-electron chi connectivity index (χ4n) is 3.31. The Hall–Kier alpha value is -2.67. The number of carbonyl (C=O) groups is 3. The summed E-state index contributed by atoms with van der Waals surface area (Å²) >= 11 is 6.02. The first-order chi connectivity index (χ1) is 13.7. The fraction of sp³-hybridized carbons (Fsp3) is 0.429. The van der Waals surface area contributed by atoms with Crippen molar-refractivity contribution >= 4 is 35.2 Å². The van der Waals surface area contributed by atoms with Crippen LogP contribution in [0.5, 0.6) is 0 Å². The van der Waals surface area contributed by atoms with Crippen LogP contribution in [-0.2, 0) is 30.3 Å². The van der Waals surface area contributed by atoms with E-state index in [-0.39, 0.29) is 37.5 Å². The summed E-state index contributed by atoms with van der Waals surface area (Å²) in [5.74, 6) is -2.48. The second kappa shape index (κ2) is 9.69. The van der Waals surface area contributed by atoms with Gasteiger partial charge in [-0.2, -0.15) is 0 Å². The SMILES string of the molecule is CCOC(=O)CC1=NC(C(=O)O)=C(CCc2cccc(Cl)c2)C1(C)C(=O)OCC. The Labute approximate surface area is 174 Å². The zero-order valence-corrected chi connectivity index (χ0v) is 17.4. The van der Waals surface area contributed by atoms with Gasteiger partial charge in [0.15, 0.2) is 0 Å². The number of aryl methyl sites for hydroxylation is 1. The third-order valence-electron chi connectivity index (χ3n) is 4.77. The molecular formula is C21H24ClNO6. The minimum absolute atomic E-state index is 0.116. The second-order valence-corrected chi connectivity index (χ2v) is 7.08. The van der Waals surface area contributed by atoms with Crippen molar-refractivity contribution < 1.29 is 29.0 Å². The number of aliphatic carboxylic acids is 1. The van der Waals surface area contributed by atoms with E-state index < -0.39 is 23.3 Å². The largest absolute Gasteiger partial charge is 0.477 e. The van der Waals surface area contributed by atoms with Crippen LogP contribution >= 0.6 is 11.6 Å². The zero-order chi connectivity index (χ0) is 21.6. The molecule has 8 heteroatoms. The standard InChI is InChI=1S/C21H24ClNO6/c1-4-28-17(24)12-16-21(3,20(27)29-5-2)15(18(23-16)19(25)26)10-9-13-7-6-8-14(22)11-13/h6-8,11H,4-5,9-10,12H2,1-3H3,(H,25,26). The molecule has 0 spiro atoms. The van der Waals surface area contributed by atoms with Crippen LogP contribution in [0.2, 0.25) is 5.02 Å². The summed E-state index contributed by atoms with van der Waals surface area (Å²) in [6, 6.07) is 7.18. The van der Waals surface area contributed by atoms with E-state index in [2.05, 4.69) is 4.99 Å². The van der Waals surface area contributed by atoms with Gasteiger partial charge < -0.3 is 14.6 Å². The number of carbonyl (C=O) groups excluding carboxylic acids is 2. The molecule has 156 valence electrons. The van der Waals surface area contributed by atoms with Crippen LogP contribution < -0.4 is 0 Å². The van der Waals surface area contributed by atoms with Crippen molar-refractivity contribution in [3.8, 4) is 0 Å². The summed E-state index contributed by atoms with van der Waals surface area (Å²) in [6.45, 7) is 5.16. The predicted octanol–water partition coefficient (Wildman–Crippen LogP) is 3.59. The van der Waals surface area contributed by atoms with Crippen molar-refractivity contribution in [2.75, 3.05) is 13.2 Å². The lowest BCUT2D eigenvalue weighted by atomic mass is 9.75. The number of ether oxygens (including phenoxy) is 2. The molecule has 0 aromatic heterocycles. The average Bonchev–Trinajstić information content (AvgIpc) is 2.94. The van der Waals surface area contributed by atoms with Crippen molar-refractivity contribution in [3.63, 3.8) is 0 Å². The van der Waals surface area contributed by atoms with Gasteiger partial charge in [-0.3, -0.25) is 9.59 Å². The van der Waals surface area contributed by atoms with E-state index in [0.717, 1.165) is 5.56 Å². The first-order valence-electron chi connectivity index (χ1n) is 9.36. The topological polar surface area (TPSA) is 102 Å². The van der Waals surface area contributed by atoms with Gasteiger partial charge in [-0.05, 0) is 56.9 Å². The molecule has 2 rings (SSSR count). The summed E-state index contributed by atoms with van der Waals surface area (Å²) in [5.41, 5.74) is -0.369. The average molecular weight is 422 g/mol. The van der Waals surface area contributed by atoms with Crippen LogP contribution in [0.15, 0.2) is 40.5 Å². The number of nitrogens with zero attached hydrogens (tertiary/aromatic N) is 1. The highest BCUT2D eigenvalue weighted by molar-refractivity contribution is 6.30.